The van der Waals surface area contributed by atoms with E-state index in [2.05, 4.69) is 15.4 Å². The second kappa shape index (κ2) is 6.90. The topological polar surface area (TPSA) is 69.0 Å². The highest BCUT2D eigenvalue weighted by Crippen LogP contribution is 2.37. The molecule has 1 amide bonds. The van der Waals surface area contributed by atoms with Crippen LogP contribution in [0.1, 0.15) is 16.8 Å². The Morgan fingerprint density at radius 3 is 2.52 bits per heavy atom. The van der Waals surface area contributed by atoms with Crippen LogP contribution in [0.15, 0.2) is 30.3 Å². The van der Waals surface area contributed by atoms with Crippen LogP contribution >= 0.6 is 0 Å². The average molecular weight is 378 g/mol. The highest BCUT2D eigenvalue weighted by Gasteiger charge is 2.35. The number of hydrogen-bond donors (Lipinski definition) is 1. The molecule has 142 valence electrons. The number of anilines is 1. The van der Waals surface area contributed by atoms with Gasteiger partial charge in [-0.3, -0.25) is 9.48 Å². The van der Waals surface area contributed by atoms with E-state index in [1.807, 2.05) is 19.1 Å². The van der Waals surface area contributed by atoms with E-state index in [1.54, 1.807) is 12.1 Å². The minimum absolute atomic E-state index is 0.0382. The van der Waals surface area contributed by atoms with E-state index in [9.17, 15) is 18.0 Å². The van der Waals surface area contributed by atoms with Gasteiger partial charge in [0.25, 0.3) is 5.91 Å². The van der Waals surface area contributed by atoms with E-state index >= 15 is 0 Å². The number of hydrogen-bond acceptors (Lipinski definition) is 4. The number of carbonyl (C=O) groups excluding carboxylic acids is 1. The number of amides is 1. The summed E-state index contributed by atoms with van der Waals surface area (Å²) in [5.74, 6) is -0.799. The lowest BCUT2D eigenvalue weighted by Gasteiger charge is -2.12. The molecule has 0 aliphatic carbocycles. The summed E-state index contributed by atoms with van der Waals surface area (Å²) < 4.78 is 46.7. The van der Waals surface area contributed by atoms with Gasteiger partial charge >= 0.3 is 6.18 Å². The van der Waals surface area contributed by atoms with Crippen LogP contribution < -0.4 is 10.1 Å². The third kappa shape index (κ3) is 4.02. The summed E-state index contributed by atoms with van der Waals surface area (Å²) in [7, 11) is 1.50. The van der Waals surface area contributed by atoms with Crippen molar-refractivity contribution in [3.63, 3.8) is 0 Å². The van der Waals surface area contributed by atoms with Crippen LogP contribution in [0.5, 0.6) is 5.88 Å². The average Bonchev–Trinajstić information content (AvgIpc) is 2.88. The fourth-order valence-corrected chi connectivity index (χ4v) is 2.69. The predicted molar refractivity (Wildman–Crippen MR) is 93.6 cm³/mol. The number of fused-ring (bicyclic) bond motifs is 1. The molecule has 0 saturated heterocycles. The minimum Gasteiger partial charge on any atom is -0.467 e. The molecule has 0 spiro atoms. The lowest BCUT2D eigenvalue weighted by Crippen LogP contribution is -2.20. The van der Waals surface area contributed by atoms with Gasteiger partial charge < -0.3 is 10.1 Å². The third-order valence-corrected chi connectivity index (χ3v) is 3.94. The van der Waals surface area contributed by atoms with Crippen molar-refractivity contribution in [3.8, 4) is 5.88 Å². The number of carbonyl (C=O) groups is 1. The number of nitrogens with one attached hydrogen (secondary N) is 1. The Labute approximate surface area is 153 Å². The monoisotopic (exact) mass is 378 g/mol. The zero-order valence-corrected chi connectivity index (χ0v) is 14.9. The number of rotatable bonds is 4. The van der Waals surface area contributed by atoms with Gasteiger partial charge in [-0.2, -0.15) is 23.3 Å². The Hall–Kier alpha value is -3.10. The SMILES string of the molecule is Cc1ccc(NC(=O)COc2cc(C(F)(F)F)c3c(C)nn(C)c3n2)cc1. The quantitative estimate of drug-likeness (QED) is 0.753. The van der Waals surface area contributed by atoms with Crippen molar-refractivity contribution in [1.29, 1.82) is 0 Å². The number of ether oxygens (including phenoxy) is 1. The van der Waals surface area contributed by atoms with Crippen molar-refractivity contribution in [1.82, 2.24) is 14.8 Å². The van der Waals surface area contributed by atoms with E-state index < -0.39 is 24.3 Å². The smallest absolute Gasteiger partial charge is 0.417 e. The molecule has 0 fully saturated rings. The molecular formula is C18H17F3N4O2. The molecule has 6 nitrogen and oxygen atoms in total. The molecule has 0 saturated carbocycles. The number of aryl methyl sites for hydroxylation is 3. The number of nitrogens with zero attached hydrogens (tertiary/aromatic N) is 3. The first kappa shape index (κ1) is 18.7. The molecule has 0 aliphatic heterocycles. The van der Waals surface area contributed by atoms with Gasteiger partial charge in [-0.1, -0.05) is 17.7 Å². The third-order valence-electron chi connectivity index (χ3n) is 3.94. The van der Waals surface area contributed by atoms with Crippen LogP contribution in [-0.2, 0) is 18.0 Å². The maximum atomic E-state index is 13.4. The van der Waals surface area contributed by atoms with Crippen LogP contribution in [0.25, 0.3) is 11.0 Å². The minimum atomic E-state index is -4.60. The lowest BCUT2D eigenvalue weighted by atomic mass is 10.1. The lowest BCUT2D eigenvalue weighted by molar-refractivity contribution is -0.136. The number of alkyl halides is 3. The van der Waals surface area contributed by atoms with E-state index in [0.29, 0.717) is 5.69 Å². The van der Waals surface area contributed by atoms with E-state index in [1.165, 1.54) is 18.7 Å². The van der Waals surface area contributed by atoms with Gasteiger partial charge in [-0.25, -0.2) is 0 Å². The first-order valence-corrected chi connectivity index (χ1v) is 8.06. The summed E-state index contributed by atoms with van der Waals surface area (Å²) >= 11 is 0. The van der Waals surface area contributed by atoms with Crippen molar-refractivity contribution in [2.75, 3.05) is 11.9 Å². The van der Waals surface area contributed by atoms with E-state index in [4.69, 9.17) is 4.74 Å². The molecule has 0 aliphatic rings. The number of pyridine rings is 1. The van der Waals surface area contributed by atoms with Gasteiger partial charge in [0.15, 0.2) is 12.3 Å². The second-order valence-electron chi connectivity index (χ2n) is 6.12. The fourth-order valence-electron chi connectivity index (χ4n) is 2.69. The maximum Gasteiger partial charge on any atom is 0.417 e. The number of aromatic nitrogens is 3. The van der Waals surface area contributed by atoms with Gasteiger partial charge in [0.1, 0.15) is 0 Å². The molecule has 1 N–H and O–H groups in total. The van der Waals surface area contributed by atoms with Gasteiger partial charge in [0.05, 0.1) is 16.6 Å². The molecule has 0 radical (unpaired) electrons. The first-order valence-electron chi connectivity index (χ1n) is 8.06. The Kier molecular flexibility index (Phi) is 4.77. The maximum absolute atomic E-state index is 13.4. The summed E-state index contributed by atoms with van der Waals surface area (Å²) in [6.07, 6.45) is -4.60. The highest BCUT2D eigenvalue weighted by molar-refractivity contribution is 5.92. The van der Waals surface area contributed by atoms with Crippen LogP contribution in [0, 0.1) is 13.8 Å². The summed E-state index contributed by atoms with van der Waals surface area (Å²) in [5, 5.41) is 6.51. The van der Waals surface area contributed by atoms with Gasteiger partial charge in [0, 0.05) is 18.8 Å². The van der Waals surface area contributed by atoms with Crippen molar-refractivity contribution < 1.29 is 22.7 Å². The fraction of sp³-hybridized carbons (Fsp3) is 0.278. The Balaban J connectivity index is 1.81. The van der Waals surface area contributed by atoms with Gasteiger partial charge in [0.2, 0.25) is 5.88 Å². The normalized spacial score (nSPS) is 11.6. The van der Waals surface area contributed by atoms with E-state index in [0.717, 1.165) is 11.6 Å². The van der Waals surface area contributed by atoms with Crippen LogP contribution in [0.4, 0.5) is 18.9 Å². The molecule has 9 heteroatoms. The van der Waals surface area contributed by atoms with Crippen molar-refractivity contribution in [3.05, 3.63) is 47.2 Å². The summed E-state index contributed by atoms with van der Waals surface area (Å²) in [6, 6.07) is 7.88. The zero-order valence-electron chi connectivity index (χ0n) is 14.9. The largest absolute Gasteiger partial charge is 0.467 e. The molecule has 2 aromatic heterocycles. The van der Waals surface area contributed by atoms with Crippen LogP contribution in [-0.4, -0.2) is 27.3 Å². The number of benzene rings is 1. The van der Waals surface area contributed by atoms with E-state index in [-0.39, 0.29) is 22.6 Å². The molecule has 0 bridgehead atoms. The molecule has 2 heterocycles. The molecule has 27 heavy (non-hydrogen) atoms. The summed E-state index contributed by atoms with van der Waals surface area (Å²) in [5.41, 5.74) is 0.961. The Bertz CT molecular complexity index is 994. The highest BCUT2D eigenvalue weighted by atomic mass is 19.4. The molecule has 0 atom stereocenters. The number of halogens is 3. The summed E-state index contributed by atoms with van der Waals surface area (Å²) in [4.78, 5) is 16.0. The standard InChI is InChI=1S/C18H17F3N4O2/c1-10-4-6-12(7-5-10)22-14(26)9-27-15-8-13(18(19,20)21)16-11(2)24-25(3)17(16)23-15/h4-8H,9H2,1-3H3,(H,22,26). The van der Waals surface area contributed by atoms with Crippen LogP contribution in [0.2, 0.25) is 0 Å². The van der Waals surface area contributed by atoms with Crippen molar-refractivity contribution >= 4 is 22.6 Å². The molecule has 1 aromatic carbocycles. The Morgan fingerprint density at radius 2 is 1.89 bits per heavy atom. The molecule has 0 unspecified atom stereocenters. The van der Waals surface area contributed by atoms with Gasteiger partial charge in [-0.15, -0.1) is 0 Å². The zero-order chi connectivity index (χ0) is 19.8. The Morgan fingerprint density at radius 1 is 1.22 bits per heavy atom. The van der Waals surface area contributed by atoms with Crippen LogP contribution in [0.3, 0.4) is 0 Å². The predicted octanol–water partition coefficient (Wildman–Crippen LogP) is 3.62. The first-order chi connectivity index (χ1) is 12.6. The molecule has 3 rings (SSSR count). The molecule has 3 aromatic rings. The molecular weight excluding hydrogens is 361 g/mol. The second-order valence-corrected chi connectivity index (χ2v) is 6.12. The van der Waals surface area contributed by atoms with Crippen molar-refractivity contribution in [2.45, 2.75) is 20.0 Å². The van der Waals surface area contributed by atoms with Gasteiger partial charge in [-0.05, 0) is 26.0 Å². The summed E-state index contributed by atoms with van der Waals surface area (Å²) in [6.45, 7) is 2.92. The van der Waals surface area contributed by atoms with Crippen molar-refractivity contribution in [2.24, 2.45) is 7.05 Å².